The average molecular weight is 300 g/mol. The Kier molecular flexibility index (Phi) is 7.14. The Hall–Kier alpha value is -1.63. The standard InChI is InChI=1S/C14H24N2O5/c15-10-6-3-1-2-5-9(10)13(19)16-11(14(20)21)7-4-8-12(17)18/h9-11H,1-8,15H2,(H,16,19)(H,17,18)(H,20,21)/t9?,10?,11-/m1/s1. The van der Waals surface area contributed by atoms with Crippen molar-refractivity contribution in [1.82, 2.24) is 5.32 Å². The largest absolute Gasteiger partial charge is 0.481 e. The fourth-order valence-electron chi connectivity index (χ4n) is 2.66. The van der Waals surface area contributed by atoms with E-state index in [9.17, 15) is 14.4 Å². The first kappa shape index (κ1) is 17.4. The highest BCUT2D eigenvalue weighted by Gasteiger charge is 2.30. The third kappa shape index (κ3) is 6.12. The van der Waals surface area contributed by atoms with Gasteiger partial charge >= 0.3 is 11.9 Å². The second kappa shape index (κ2) is 8.61. The van der Waals surface area contributed by atoms with E-state index in [4.69, 9.17) is 15.9 Å². The van der Waals surface area contributed by atoms with Gasteiger partial charge in [-0.2, -0.15) is 0 Å². The number of amides is 1. The third-order valence-corrected chi connectivity index (χ3v) is 3.90. The lowest BCUT2D eigenvalue weighted by Gasteiger charge is -2.23. The van der Waals surface area contributed by atoms with Gasteiger partial charge in [0.1, 0.15) is 6.04 Å². The minimum atomic E-state index is -1.14. The van der Waals surface area contributed by atoms with Crippen LogP contribution < -0.4 is 11.1 Å². The van der Waals surface area contributed by atoms with Crippen molar-refractivity contribution in [2.24, 2.45) is 11.7 Å². The lowest BCUT2D eigenvalue weighted by atomic mass is 9.94. The van der Waals surface area contributed by atoms with Crippen molar-refractivity contribution < 1.29 is 24.6 Å². The topological polar surface area (TPSA) is 130 Å². The first-order valence-electron chi connectivity index (χ1n) is 7.42. The Morgan fingerprint density at radius 1 is 1.14 bits per heavy atom. The van der Waals surface area contributed by atoms with Crippen LogP contribution in [0.5, 0.6) is 0 Å². The summed E-state index contributed by atoms with van der Waals surface area (Å²) in [7, 11) is 0. The molecule has 3 atom stereocenters. The maximum atomic E-state index is 12.2. The summed E-state index contributed by atoms with van der Waals surface area (Å²) in [6.45, 7) is 0. The smallest absolute Gasteiger partial charge is 0.326 e. The fourth-order valence-corrected chi connectivity index (χ4v) is 2.66. The number of carboxylic acid groups (broad SMARTS) is 2. The zero-order chi connectivity index (χ0) is 15.8. The molecule has 0 aromatic carbocycles. The van der Waals surface area contributed by atoms with Crippen molar-refractivity contribution in [2.45, 2.75) is 63.5 Å². The van der Waals surface area contributed by atoms with Gasteiger partial charge in [-0.05, 0) is 25.7 Å². The number of aliphatic carboxylic acids is 2. The second-order valence-electron chi connectivity index (χ2n) is 5.59. The van der Waals surface area contributed by atoms with E-state index in [0.29, 0.717) is 6.42 Å². The van der Waals surface area contributed by atoms with Crippen LogP contribution in [0.1, 0.15) is 51.4 Å². The highest BCUT2D eigenvalue weighted by molar-refractivity contribution is 5.85. The van der Waals surface area contributed by atoms with E-state index in [-0.39, 0.29) is 37.1 Å². The Morgan fingerprint density at radius 2 is 1.81 bits per heavy atom. The monoisotopic (exact) mass is 300 g/mol. The molecule has 0 aliphatic heterocycles. The molecule has 0 aromatic heterocycles. The van der Waals surface area contributed by atoms with Gasteiger partial charge in [0, 0.05) is 12.5 Å². The molecule has 0 aromatic rings. The zero-order valence-corrected chi connectivity index (χ0v) is 12.1. The van der Waals surface area contributed by atoms with Crippen molar-refractivity contribution >= 4 is 17.8 Å². The molecule has 1 rings (SSSR count). The molecule has 0 spiro atoms. The van der Waals surface area contributed by atoms with Gasteiger partial charge in [0.15, 0.2) is 0 Å². The predicted molar refractivity (Wildman–Crippen MR) is 75.6 cm³/mol. The van der Waals surface area contributed by atoms with E-state index in [0.717, 1.165) is 25.7 Å². The number of carboxylic acids is 2. The molecule has 7 heteroatoms. The number of carbonyl (C=O) groups excluding carboxylic acids is 1. The van der Waals surface area contributed by atoms with Crippen molar-refractivity contribution in [3.63, 3.8) is 0 Å². The molecule has 0 bridgehead atoms. The van der Waals surface area contributed by atoms with Crippen LogP contribution in [-0.4, -0.2) is 40.1 Å². The summed E-state index contributed by atoms with van der Waals surface area (Å²) in [5.74, 6) is -2.80. The molecular weight excluding hydrogens is 276 g/mol. The number of hydrogen-bond donors (Lipinski definition) is 4. The first-order chi connectivity index (χ1) is 9.91. The summed E-state index contributed by atoms with van der Waals surface area (Å²) in [5, 5.41) is 20.2. The molecule has 1 aliphatic carbocycles. The normalized spacial score (nSPS) is 23.9. The van der Waals surface area contributed by atoms with E-state index < -0.39 is 18.0 Å². The predicted octanol–water partition coefficient (Wildman–Crippen LogP) is 0.718. The van der Waals surface area contributed by atoms with Crippen LogP contribution in [0.25, 0.3) is 0 Å². The van der Waals surface area contributed by atoms with E-state index in [1.165, 1.54) is 0 Å². The molecule has 21 heavy (non-hydrogen) atoms. The molecule has 1 amide bonds. The number of nitrogens with one attached hydrogen (secondary N) is 1. The van der Waals surface area contributed by atoms with Crippen LogP contribution in [0.3, 0.4) is 0 Å². The molecule has 0 saturated heterocycles. The summed E-state index contributed by atoms with van der Waals surface area (Å²) < 4.78 is 0. The summed E-state index contributed by atoms with van der Waals surface area (Å²) in [4.78, 5) is 33.8. The molecule has 5 N–H and O–H groups in total. The van der Waals surface area contributed by atoms with E-state index in [2.05, 4.69) is 5.32 Å². The van der Waals surface area contributed by atoms with Crippen molar-refractivity contribution in [3.05, 3.63) is 0 Å². The van der Waals surface area contributed by atoms with Gasteiger partial charge in [-0.1, -0.05) is 19.3 Å². The Labute approximate surface area is 123 Å². The van der Waals surface area contributed by atoms with Gasteiger partial charge in [0.05, 0.1) is 5.92 Å². The third-order valence-electron chi connectivity index (χ3n) is 3.90. The Morgan fingerprint density at radius 3 is 2.43 bits per heavy atom. The molecule has 1 saturated carbocycles. The lowest BCUT2D eigenvalue weighted by molar-refractivity contribution is -0.143. The molecule has 0 radical (unpaired) electrons. The number of hydrogen-bond acceptors (Lipinski definition) is 4. The van der Waals surface area contributed by atoms with Crippen LogP contribution >= 0.6 is 0 Å². The quantitative estimate of drug-likeness (QED) is 0.512. The summed E-state index contributed by atoms with van der Waals surface area (Å²) in [5.41, 5.74) is 5.99. The summed E-state index contributed by atoms with van der Waals surface area (Å²) in [6.07, 6.45) is 4.61. The minimum absolute atomic E-state index is 0.106. The van der Waals surface area contributed by atoms with Gasteiger partial charge in [-0.15, -0.1) is 0 Å². The van der Waals surface area contributed by atoms with Crippen LogP contribution in [-0.2, 0) is 14.4 Å². The van der Waals surface area contributed by atoms with Crippen LogP contribution in [0.15, 0.2) is 0 Å². The molecule has 2 unspecified atom stereocenters. The maximum Gasteiger partial charge on any atom is 0.326 e. The van der Waals surface area contributed by atoms with E-state index in [1.807, 2.05) is 0 Å². The maximum absolute atomic E-state index is 12.2. The van der Waals surface area contributed by atoms with Gasteiger partial charge < -0.3 is 21.3 Å². The fraction of sp³-hybridized carbons (Fsp3) is 0.786. The van der Waals surface area contributed by atoms with Crippen molar-refractivity contribution in [1.29, 1.82) is 0 Å². The highest BCUT2D eigenvalue weighted by Crippen LogP contribution is 2.22. The molecular formula is C14H24N2O5. The molecule has 7 nitrogen and oxygen atoms in total. The van der Waals surface area contributed by atoms with E-state index >= 15 is 0 Å². The van der Waals surface area contributed by atoms with E-state index in [1.54, 1.807) is 0 Å². The SMILES string of the molecule is NC1CCCCCC1C(=O)N[C@H](CCCC(=O)O)C(=O)O. The van der Waals surface area contributed by atoms with Crippen LogP contribution in [0, 0.1) is 5.92 Å². The average Bonchev–Trinajstić information content (AvgIpc) is 2.61. The molecule has 1 fully saturated rings. The second-order valence-corrected chi connectivity index (χ2v) is 5.59. The lowest BCUT2D eigenvalue weighted by Crippen LogP contribution is -2.48. The minimum Gasteiger partial charge on any atom is -0.481 e. The summed E-state index contributed by atoms with van der Waals surface area (Å²) in [6, 6.07) is -1.28. The highest BCUT2D eigenvalue weighted by atomic mass is 16.4. The van der Waals surface area contributed by atoms with Gasteiger partial charge in [-0.3, -0.25) is 9.59 Å². The summed E-state index contributed by atoms with van der Waals surface area (Å²) >= 11 is 0. The number of nitrogens with two attached hydrogens (primary N) is 1. The van der Waals surface area contributed by atoms with Gasteiger partial charge in [0.25, 0.3) is 0 Å². The molecule has 120 valence electrons. The molecule has 1 aliphatic rings. The van der Waals surface area contributed by atoms with Crippen LogP contribution in [0.4, 0.5) is 0 Å². The van der Waals surface area contributed by atoms with Crippen LogP contribution in [0.2, 0.25) is 0 Å². The number of carbonyl (C=O) groups is 3. The zero-order valence-electron chi connectivity index (χ0n) is 12.1. The van der Waals surface area contributed by atoms with Gasteiger partial charge in [-0.25, -0.2) is 4.79 Å². The van der Waals surface area contributed by atoms with Crippen molar-refractivity contribution in [3.8, 4) is 0 Å². The molecule has 0 heterocycles. The Bertz CT molecular complexity index is 386. The van der Waals surface area contributed by atoms with Gasteiger partial charge in [0.2, 0.25) is 5.91 Å². The Balaban J connectivity index is 2.54. The van der Waals surface area contributed by atoms with Crippen molar-refractivity contribution in [2.75, 3.05) is 0 Å². The number of rotatable bonds is 7. The first-order valence-corrected chi connectivity index (χ1v) is 7.42.